The molecule has 0 aromatic carbocycles. The molecule has 5 heteroatoms. The summed E-state index contributed by atoms with van der Waals surface area (Å²) in [7, 11) is 0. The number of carbonyl (C=O) groups excluding carboxylic acids is 1. The van der Waals surface area contributed by atoms with Crippen molar-refractivity contribution in [1.29, 1.82) is 0 Å². The summed E-state index contributed by atoms with van der Waals surface area (Å²) in [6.07, 6.45) is 4.09. The summed E-state index contributed by atoms with van der Waals surface area (Å²) >= 11 is 1.62. The molecule has 2 heterocycles. The standard InChI is InChI=1S/C9H9N3OS/c1-7-11-9(5-14-7)3-12-2-8(4-13)10-6-12/h2,4-6H,3H2,1H3. The van der Waals surface area contributed by atoms with Crippen molar-refractivity contribution in [2.24, 2.45) is 0 Å². The van der Waals surface area contributed by atoms with Crippen LogP contribution in [0.5, 0.6) is 0 Å². The molecule has 0 bridgehead atoms. The van der Waals surface area contributed by atoms with Gasteiger partial charge < -0.3 is 4.57 Å². The highest BCUT2D eigenvalue weighted by molar-refractivity contribution is 7.09. The van der Waals surface area contributed by atoms with Crippen LogP contribution in [0.25, 0.3) is 0 Å². The second-order valence-corrected chi connectivity index (χ2v) is 4.01. The van der Waals surface area contributed by atoms with E-state index in [-0.39, 0.29) is 0 Å². The van der Waals surface area contributed by atoms with Gasteiger partial charge in [-0.3, -0.25) is 4.79 Å². The van der Waals surface area contributed by atoms with E-state index in [1.54, 1.807) is 23.9 Å². The fourth-order valence-electron chi connectivity index (χ4n) is 1.19. The molecular formula is C9H9N3OS. The Balaban J connectivity index is 2.14. The number of hydrogen-bond acceptors (Lipinski definition) is 4. The molecule has 14 heavy (non-hydrogen) atoms. The van der Waals surface area contributed by atoms with Crippen LogP contribution in [-0.4, -0.2) is 20.8 Å². The van der Waals surface area contributed by atoms with Gasteiger partial charge in [0.15, 0.2) is 6.29 Å². The molecule has 0 aliphatic carbocycles. The number of aldehydes is 1. The van der Waals surface area contributed by atoms with E-state index < -0.39 is 0 Å². The molecule has 0 saturated carbocycles. The first kappa shape index (κ1) is 9.08. The monoisotopic (exact) mass is 207 g/mol. The van der Waals surface area contributed by atoms with Crippen LogP contribution in [0, 0.1) is 6.92 Å². The fraction of sp³-hybridized carbons (Fsp3) is 0.222. The molecule has 0 spiro atoms. The van der Waals surface area contributed by atoms with Crippen LogP contribution in [0.4, 0.5) is 0 Å². The van der Waals surface area contributed by atoms with Gasteiger partial charge in [0.25, 0.3) is 0 Å². The molecular weight excluding hydrogens is 198 g/mol. The average molecular weight is 207 g/mol. The minimum atomic E-state index is 0.456. The van der Waals surface area contributed by atoms with Crippen molar-refractivity contribution in [3.63, 3.8) is 0 Å². The van der Waals surface area contributed by atoms with Crippen LogP contribution in [0.2, 0.25) is 0 Å². The summed E-state index contributed by atoms with van der Waals surface area (Å²) < 4.78 is 1.85. The summed E-state index contributed by atoms with van der Waals surface area (Å²) in [6, 6.07) is 0. The Kier molecular flexibility index (Phi) is 2.41. The van der Waals surface area contributed by atoms with E-state index in [9.17, 15) is 4.79 Å². The first-order valence-electron chi connectivity index (χ1n) is 4.16. The fourth-order valence-corrected chi connectivity index (χ4v) is 1.80. The summed E-state index contributed by atoms with van der Waals surface area (Å²) in [5, 5.41) is 3.06. The quantitative estimate of drug-likeness (QED) is 0.717. The number of carbonyl (C=O) groups is 1. The first-order chi connectivity index (χ1) is 6.78. The van der Waals surface area contributed by atoms with Crippen molar-refractivity contribution in [2.75, 3.05) is 0 Å². The van der Waals surface area contributed by atoms with Gasteiger partial charge in [0.1, 0.15) is 5.69 Å². The van der Waals surface area contributed by atoms with Crippen molar-refractivity contribution >= 4 is 17.6 Å². The molecule has 4 nitrogen and oxygen atoms in total. The summed E-state index contributed by atoms with van der Waals surface area (Å²) in [6.45, 7) is 2.64. The van der Waals surface area contributed by atoms with Crippen LogP contribution < -0.4 is 0 Å². The lowest BCUT2D eigenvalue weighted by Crippen LogP contribution is -1.96. The van der Waals surface area contributed by atoms with Crippen LogP contribution in [-0.2, 0) is 6.54 Å². The Morgan fingerprint density at radius 2 is 2.50 bits per heavy atom. The lowest BCUT2D eigenvalue weighted by Gasteiger charge is -1.95. The van der Waals surface area contributed by atoms with Crippen molar-refractivity contribution in [3.05, 3.63) is 34.3 Å². The summed E-state index contributed by atoms with van der Waals surface area (Å²) in [5.74, 6) is 0. The highest BCUT2D eigenvalue weighted by Crippen LogP contribution is 2.09. The van der Waals surface area contributed by atoms with Crippen molar-refractivity contribution in [1.82, 2.24) is 14.5 Å². The average Bonchev–Trinajstić information content (AvgIpc) is 2.76. The second kappa shape index (κ2) is 3.71. The second-order valence-electron chi connectivity index (χ2n) is 2.95. The predicted octanol–water partition coefficient (Wildman–Crippen LogP) is 1.51. The van der Waals surface area contributed by atoms with E-state index in [0.717, 1.165) is 17.0 Å². The number of thiazole rings is 1. The lowest BCUT2D eigenvalue weighted by molar-refractivity contribution is 0.111. The molecule has 0 amide bonds. The Morgan fingerprint density at radius 1 is 1.64 bits per heavy atom. The van der Waals surface area contributed by atoms with Crippen molar-refractivity contribution in [3.8, 4) is 0 Å². The number of nitrogens with zero attached hydrogens (tertiary/aromatic N) is 3. The van der Waals surface area contributed by atoms with Crippen LogP contribution in [0.1, 0.15) is 21.2 Å². The third-order valence-corrected chi connectivity index (χ3v) is 2.61. The lowest BCUT2D eigenvalue weighted by atomic mass is 10.5. The van der Waals surface area contributed by atoms with E-state index in [4.69, 9.17) is 0 Å². The number of imidazole rings is 1. The number of aryl methyl sites for hydroxylation is 1. The van der Waals surface area contributed by atoms with Gasteiger partial charge in [-0.15, -0.1) is 11.3 Å². The van der Waals surface area contributed by atoms with Crippen molar-refractivity contribution in [2.45, 2.75) is 13.5 Å². The number of hydrogen-bond donors (Lipinski definition) is 0. The largest absolute Gasteiger partial charge is 0.331 e. The molecule has 2 aromatic rings. The summed E-state index contributed by atoms with van der Waals surface area (Å²) in [5.41, 5.74) is 1.46. The van der Waals surface area contributed by atoms with E-state index in [2.05, 4.69) is 9.97 Å². The van der Waals surface area contributed by atoms with E-state index in [0.29, 0.717) is 12.2 Å². The Bertz CT molecular complexity index is 446. The topological polar surface area (TPSA) is 47.8 Å². The van der Waals surface area contributed by atoms with Crippen LogP contribution >= 0.6 is 11.3 Å². The molecule has 0 N–H and O–H groups in total. The molecule has 2 rings (SSSR count). The summed E-state index contributed by atoms with van der Waals surface area (Å²) in [4.78, 5) is 18.6. The molecule has 0 aliphatic heterocycles. The van der Waals surface area contributed by atoms with E-state index >= 15 is 0 Å². The van der Waals surface area contributed by atoms with Gasteiger partial charge in [0.2, 0.25) is 0 Å². The van der Waals surface area contributed by atoms with Crippen LogP contribution in [0.3, 0.4) is 0 Å². The Labute approximate surface area is 85.2 Å². The molecule has 0 fully saturated rings. The van der Waals surface area contributed by atoms with Gasteiger partial charge in [-0.25, -0.2) is 9.97 Å². The maximum Gasteiger partial charge on any atom is 0.169 e. The Hall–Kier alpha value is -1.49. The third-order valence-electron chi connectivity index (χ3n) is 1.79. The highest BCUT2D eigenvalue weighted by atomic mass is 32.1. The zero-order valence-corrected chi connectivity index (χ0v) is 8.49. The SMILES string of the molecule is Cc1nc(Cn2cnc(C=O)c2)cs1. The van der Waals surface area contributed by atoms with Gasteiger partial charge in [-0.05, 0) is 6.92 Å². The zero-order valence-electron chi connectivity index (χ0n) is 7.67. The zero-order chi connectivity index (χ0) is 9.97. The maximum atomic E-state index is 10.4. The molecule has 0 aliphatic rings. The van der Waals surface area contributed by atoms with Gasteiger partial charge >= 0.3 is 0 Å². The normalized spacial score (nSPS) is 10.4. The third kappa shape index (κ3) is 1.88. The highest BCUT2D eigenvalue weighted by Gasteiger charge is 2.01. The van der Waals surface area contributed by atoms with Gasteiger partial charge in [0.05, 0.1) is 23.6 Å². The molecule has 0 atom stereocenters. The minimum absolute atomic E-state index is 0.456. The van der Waals surface area contributed by atoms with Gasteiger partial charge in [-0.2, -0.15) is 0 Å². The predicted molar refractivity (Wildman–Crippen MR) is 53.6 cm³/mol. The molecule has 72 valence electrons. The maximum absolute atomic E-state index is 10.4. The van der Waals surface area contributed by atoms with E-state index in [1.807, 2.05) is 16.9 Å². The molecule has 2 aromatic heterocycles. The number of aromatic nitrogens is 3. The molecule has 0 radical (unpaired) electrons. The molecule has 0 unspecified atom stereocenters. The van der Waals surface area contributed by atoms with Crippen LogP contribution in [0.15, 0.2) is 17.9 Å². The van der Waals surface area contributed by atoms with Crippen molar-refractivity contribution < 1.29 is 4.79 Å². The van der Waals surface area contributed by atoms with Gasteiger partial charge in [-0.1, -0.05) is 0 Å². The van der Waals surface area contributed by atoms with E-state index in [1.165, 1.54) is 0 Å². The smallest absolute Gasteiger partial charge is 0.169 e. The van der Waals surface area contributed by atoms with Gasteiger partial charge in [0, 0.05) is 11.6 Å². The molecule has 0 saturated heterocycles. The first-order valence-corrected chi connectivity index (χ1v) is 5.04. The number of rotatable bonds is 3. The Morgan fingerprint density at radius 3 is 3.07 bits per heavy atom. The minimum Gasteiger partial charge on any atom is -0.331 e.